The normalized spacial score (nSPS) is 10.2. The van der Waals surface area contributed by atoms with Crippen LogP contribution in [-0.2, 0) is 6.54 Å². The van der Waals surface area contributed by atoms with Crippen molar-refractivity contribution in [1.29, 1.82) is 0 Å². The van der Waals surface area contributed by atoms with Crippen LogP contribution in [0.2, 0.25) is 0 Å². The predicted octanol–water partition coefficient (Wildman–Crippen LogP) is 1.78. The van der Waals surface area contributed by atoms with Crippen LogP contribution in [0.1, 0.15) is 15.9 Å². The molecule has 104 valence electrons. The van der Waals surface area contributed by atoms with E-state index in [-0.39, 0.29) is 18.3 Å². The van der Waals surface area contributed by atoms with Crippen LogP contribution >= 0.6 is 0 Å². The zero-order chi connectivity index (χ0) is 14.5. The maximum Gasteiger partial charge on any atom is 0.256 e. The van der Waals surface area contributed by atoms with Gasteiger partial charge in [-0.15, -0.1) is 0 Å². The van der Waals surface area contributed by atoms with Crippen molar-refractivity contribution in [2.45, 2.75) is 6.54 Å². The monoisotopic (exact) mass is 274 g/mol. The molecule has 1 heterocycles. The van der Waals surface area contributed by atoms with Crippen LogP contribution < -0.4 is 11.3 Å². The average molecular weight is 274 g/mol. The molecule has 0 saturated heterocycles. The molecular formula is C14H15FN4O. The van der Waals surface area contributed by atoms with Crippen LogP contribution in [0.3, 0.4) is 0 Å². The molecule has 20 heavy (non-hydrogen) atoms. The number of anilines is 1. The molecule has 0 atom stereocenters. The second-order valence-corrected chi connectivity index (χ2v) is 4.32. The van der Waals surface area contributed by atoms with Gasteiger partial charge in [-0.3, -0.25) is 15.6 Å². The van der Waals surface area contributed by atoms with Gasteiger partial charge in [0.1, 0.15) is 5.82 Å². The second kappa shape index (κ2) is 6.12. The van der Waals surface area contributed by atoms with Crippen LogP contribution in [0.25, 0.3) is 0 Å². The van der Waals surface area contributed by atoms with Gasteiger partial charge in [-0.05, 0) is 12.1 Å². The fourth-order valence-corrected chi connectivity index (χ4v) is 1.86. The van der Waals surface area contributed by atoms with Gasteiger partial charge >= 0.3 is 0 Å². The number of nitrogens with zero attached hydrogens (tertiary/aromatic N) is 2. The fraction of sp³-hybridized carbons (Fsp3) is 0.143. The molecule has 2 aromatic rings. The van der Waals surface area contributed by atoms with Crippen molar-refractivity contribution in [1.82, 2.24) is 9.88 Å². The Balaban J connectivity index is 2.19. The number of pyridine rings is 1. The number of rotatable bonds is 4. The Morgan fingerprint density at radius 2 is 2.15 bits per heavy atom. The topological polar surface area (TPSA) is 71.2 Å². The highest BCUT2D eigenvalue weighted by Crippen LogP contribution is 2.16. The molecule has 0 spiro atoms. The first-order valence-electron chi connectivity index (χ1n) is 6.03. The molecule has 5 nitrogen and oxygen atoms in total. The van der Waals surface area contributed by atoms with Crippen molar-refractivity contribution >= 4 is 11.6 Å². The molecule has 0 aliphatic carbocycles. The van der Waals surface area contributed by atoms with Gasteiger partial charge in [-0.25, -0.2) is 4.39 Å². The number of hydrazine groups is 1. The molecule has 6 heteroatoms. The molecule has 2 rings (SSSR count). The van der Waals surface area contributed by atoms with E-state index in [2.05, 4.69) is 10.4 Å². The highest BCUT2D eigenvalue weighted by atomic mass is 19.1. The Morgan fingerprint density at radius 1 is 1.40 bits per heavy atom. The Bertz CT molecular complexity index is 618. The van der Waals surface area contributed by atoms with E-state index in [1.807, 2.05) is 0 Å². The molecule has 0 bridgehead atoms. The zero-order valence-electron chi connectivity index (χ0n) is 11.0. The largest absolute Gasteiger partial charge is 0.337 e. The molecular weight excluding hydrogens is 259 g/mol. The van der Waals surface area contributed by atoms with Crippen LogP contribution in [-0.4, -0.2) is 22.8 Å². The number of benzene rings is 1. The van der Waals surface area contributed by atoms with Gasteiger partial charge in [-0.1, -0.05) is 18.2 Å². The van der Waals surface area contributed by atoms with Crippen LogP contribution in [0, 0.1) is 5.82 Å². The van der Waals surface area contributed by atoms with Crippen LogP contribution in [0.15, 0.2) is 42.7 Å². The van der Waals surface area contributed by atoms with Gasteiger partial charge in [-0.2, -0.15) is 0 Å². The molecule has 0 unspecified atom stereocenters. The first kappa shape index (κ1) is 14.0. The quantitative estimate of drug-likeness (QED) is 0.658. The lowest BCUT2D eigenvalue weighted by Gasteiger charge is -2.19. The third-order valence-corrected chi connectivity index (χ3v) is 2.92. The summed E-state index contributed by atoms with van der Waals surface area (Å²) >= 11 is 0. The maximum atomic E-state index is 13.6. The van der Waals surface area contributed by atoms with E-state index >= 15 is 0 Å². The van der Waals surface area contributed by atoms with Gasteiger partial charge in [0.05, 0.1) is 17.4 Å². The molecule has 0 aliphatic rings. The number of carbonyl (C=O) groups excluding carboxylic acids is 1. The summed E-state index contributed by atoms with van der Waals surface area (Å²) in [4.78, 5) is 17.6. The summed E-state index contributed by atoms with van der Waals surface area (Å²) < 4.78 is 13.6. The second-order valence-electron chi connectivity index (χ2n) is 4.32. The Kier molecular flexibility index (Phi) is 4.27. The van der Waals surface area contributed by atoms with E-state index in [1.54, 1.807) is 31.3 Å². The molecule has 1 aromatic heterocycles. The minimum absolute atomic E-state index is 0.178. The molecule has 3 N–H and O–H groups in total. The zero-order valence-corrected chi connectivity index (χ0v) is 11.0. The van der Waals surface area contributed by atoms with Crippen molar-refractivity contribution in [3.05, 3.63) is 59.7 Å². The number of nitrogens with two attached hydrogens (primary N) is 1. The summed E-state index contributed by atoms with van der Waals surface area (Å²) in [5.41, 5.74) is 3.70. The number of hydrogen-bond acceptors (Lipinski definition) is 4. The first-order valence-corrected chi connectivity index (χ1v) is 6.03. The molecule has 1 amide bonds. The lowest BCUT2D eigenvalue weighted by molar-refractivity contribution is 0.0784. The van der Waals surface area contributed by atoms with Gasteiger partial charge < -0.3 is 10.3 Å². The summed E-state index contributed by atoms with van der Waals surface area (Å²) in [6.07, 6.45) is 2.97. The van der Waals surface area contributed by atoms with Crippen LogP contribution in [0.4, 0.5) is 10.1 Å². The third kappa shape index (κ3) is 2.92. The highest BCUT2D eigenvalue weighted by Gasteiger charge is 2.16. The summed E-state index contributed by atoms with van der Waals surface area (Å²) in [7, 11) is 1.61. The Hall–Kier alpha value is -2.47. The lowest BCUT2D eigenvalue weighted by Crippen LogP contribution is -2.28. The minimum atomic E-state index is -0.334. The smallest absolute Gasteiger partial charge is 0.256 e. The molecule has 0 aliphatic heterocycles. The van der Waals surface area contributed by atoms with Gasteiger partial charge in [0.25, 0.3) is 5.91 Å². The number of nitrogen functional groups attached to an aromatic ring is 1. The van der Waals surface area contributed by atoms with Gasteiger partial charge in [0.15, 0.2) is 0 Å². The third-order valence-electron chi connectivity index (χ3n) is 2.92. The van der Waals surface area contributed by atoms with E-state index in [0.29, 0.717) is 16.8 Å². The van der Waals surface area contributed by atoms with Crippen molar-refractivity contribution < 1.29 is 9.18 Å². The Morgan fingerprint density at radius 3 is 2.85 bits per heavy atom. The summed E-state index contributed by atoms with van der Waals surface area (Å²) in [6, 6.07) is 7.92. The lowest BCUT2D eigenvalue weighted by atomic mass is 10.1. The first-order chi connectivity index (χ1) is 9.63. The van der Waals surface area contributed by atoms with Crippen molar-refractivity contribution in [2.24, 2.45) is 5.84 Å². The van der Waals surface area contributed by atoms with E-state index in [4.69, 9.17) is 5.84 Å². The predicted molar refractivity (Wildman–Crippen MR) is 74.2 cm³/mol. The van der Waals surface area contributed by atoms with E-state index in [0.717, 1.165) is 0 Å². The van der Waals surface area contributed by atoms with Crippen molar-refractivity contribution in [3.8, 4) is 0 Å². The number of nitrogens with one attached hydrogen (secondary N) is 1. The van der Waals surface area contributed by atoms with Crippen molar-refractivity contribution in [3.63, 3.8) is 0 Å². The average Bonchev–Trinajstić information content (AvgIpc) is 2.48. The fourth-order valence-electron chi connectivity index (χ4n) is 1.86. The number of amides is 1. The van der Waals surface area contributed by atoms with E-state index in [1.165, 1.54) is 23.4 Å². The van der Waals surface area contributed by atoms with Crippen molar-refractivity contribution in [2.75, 3.05) is 12.5 Å². The minimum Gasteiger partial charge on any atom is -0.337 e. The standard InChI is InChI=1S/C14H15FN4O/c1-19(9-10-4-2-3-5-12(10)15)14(20)11-6-7-17-8-13(11)18-16/h2-8,18H,9,16H2,1H3. The highest BCUT2D eigenvalue weighted by molar-refractivity contribution is 5.99. The van der Waals surface area contributed by atoms with Crippen LogP contribution in [0.5, 0.6) is 0 Å². The molecule has 1 aromatic carbocycles. The summed E-state index contributed by atoms with van der Waals surface area (Å²) in [5, 5.41) is 0. The number of aromatic nitrogens is 1. The molecule has 0 fully saturated rings. The molecule has 0 saturated carbocycles. The van der Waals surface area contributed by atoms with E-state index in [9.17, 15) is 9.18 Å². The maximum absolute atomic E-state index is 13.6. The molecule has 0 radical (unpaired) electrons. The Labute approximate surface area is 116 Å². The summed E-state index contributed by atoms with van der Waals surface area (Å²) in [5.74, 6) is 4.75. The number of hydrogen-bond donors (Lipinski definition) is 2. The summed E-state index contributed by atoms with van der Waals surface area (Å²) in [6.45, 7) is 0.178. The van der Waals surface area contributed by atoms with Gasteiger partial charge in [0, 0.05) is 25.4 Å². The SMILES string of the molecule is CN(Cc1ccccc1F)C(=O)c1ccncc1NN. The number of carbonyl (C=O) groups is 1. The van der Waals surface area contributed by atoms with E-state index < -0.39 is 0 Å². The number of halogens is 1. The van der Waals surface area contributed by atoms with Gasteiger partial charge in [0.2, 0.25) is 0 Å².